The van der Waals surface area contributed by atoms with Gasteiger partial charge in [-0.25, -0.2) is 0 Å². The quantitative estimate of drug-likeness (QED) is 0.169. The molecule has 5 aliphatic carbocycles. The number of rotatable bonds is 11. The molecule has 0 aromatic rings. The summed E-state index contributed by atoms with van der Waals surface area (Å²) in [4.78, 5) is 0. The maximum atomic E-state index is 4.93. The summed E-state index contributed by atoms with van der Waals surface area (Å²) in [5.41, 5.74) is 2.08. The van der Waals surface area contributed by atoms with Gasteiger partial charge in [-0.05, 0) is 147 Å². The molecular weight excluding hydrogens is 635 g/mol. The molecule has 6 aliphatic rings. The molecule has 0 aromatic carbocycles. The molecule has 3 saturated carbocycles. The lowest BCUT2D eigenvalue weighted by Gasteiger charge is -2.59. The van der Waals surface area contributed by atoms with Crippen molar-refractivity contribution in [2.75, 3.05) is 5.75 Å². The van der Waals surface area contributed by atoms with Gasteiger partial charge in [0, 0.05) is 16.8 Å². The fourth-order valence-corrected chi connectivity index (χ4v) is 15.8. The number of fused-ring (bicyclic) bond motifs is 2. The Morgan fingerprint density at radius 3 is 2.24 bits per heavy atom. The summed E-state index contributed by atoms with van der Waals surface area (Å²) in [6, 6.07) is 0.650. The Kier molecular flexibility index (Phi) is 14.8. The number of thioether (sulfide) groups is 1. The molecule has 292 valence electrons. The van der Waals surface area contributed by atoms with Crippen LogP contribution in [0.1, 0.15) is 184 Å². The van der Waals surface area contributed by atoms with E-state index in [-0.39, 0.29) is 5.54 Å². The van der Waals surface area contributed by atoms with Crippen LogP contribution in [0, 0.1) is 76.9 Å². The topological polar surface area (TPSA) is 12.0 Å². The predicted octanol–water partition coefficient (Wildman–Crippen LogP) is 14.3. The summed E-state index contributed by atoms with van der Waals surface area (Å²) in [6.07, 6.45) is 36.8. The molecule has 0 bridgehead atoms. The maximum Gasteiger partial charge on any atom is 0.0430 e. The van der Waals surface area contributed by atoms with E-state index < -0.39 is 0 Å². The van der Waals surface area contributed by atoms with E-state index in [9.17, 15) is 0 Å². The van der Waals surface area contributed by atoms with Crippen molar-refractivity contribution in [3.8, 4) is 0 Å². The minimum Gasteiger partial charge on any atom is -0.303 e. The normalized spacial score (nSPS) is 44.9. The first-order valence-electron chi connectivity index (χ1n) is 23.5. The first kappa shape index (κ1) is 40.5. The lowest BCUT2D eigenvalue weighted by atomic mass is 9.53. The first-order chi connectivity index (χ1) is 24.7. The molecule has 51 heavy (non-hydrogen) atoms. The molecule has 0 radical (unpaired) electrons. The number of unbranched alkanes of at least 4 members (excludes halogenated alkanes) is 1. The van der Waals surface area contributed by atoms with Crippen LogP contribution in [-0.4, -0.2) is 22.6 Å². The van der Waals surface area contributed by atoms with E-state index in [0.29, 0.717) is 12.0 Å². The van der Waals surface area contributed by atoms with Gasteiger partial charge in [-0.2, -0.15) is 11.8 Å². The molecule has 1 heterocycles. The Balaban J connectivity index is 1.41. The van der Waals surface area contributed by atoms with Crippen LogP contribution >= 0.6 is 11.8 Å². The van der Waals surface area contributed by atoms with E-state index >= 15 is 0 Å². The maximum absolute atomic E-state index is 4.93. The second-order valence-corrected chi connectivity index (χ2v) is 21.4. The van der Waals surface area contributed by atoms with Gasteiger partial charge in [0.2, 0.25) is 0 Å². The van der Waals surface area contributed by atoms with Crippen LogP contribution in [0.5, 0.6) is 0 Å². The molecule has 0 spiro atoms. The lowest BCUT2D eigenvalue weighted by molar-refractivity contribution is 0.0457. The zero-order valence-corrected chi connectivity index (χ0v) is 36.0. The van der Waals surface area contributed by atoms with Crippen molar-refractivity contribution < 1.29 is 0 Å². The summed E-state index contributed by atoms with van der Waals surface area (Å²) in [5.74, 6) is 12.2. The monoisotopic (exact) mass is 720 g/mol. The summed E-state index contributed by atoms with van der Waals surface area (Å²) >= 11 is 2.43. The lowest BCUT2D eigenvalue weighted by Crippen LogP contribution is -2.65. The summed E-state index contributed by atoms with van der Waals surface area (Å²) in [7, 11) is 0. The van der Waals surface area contributed by atoms with Crippen molar-refractivity contribution in [2.45, 2.75) is 201 Å². The van der Waals surface area contributed by atoms with E-state index in [0.717, 1.165) is 76.3 Å². The first-order valence-corrected chi connectivity index (χ1v) is 24.5. The minimum absolute atomic E-state index is 0.173. The second kappa shape index (κ2) is 18.6. The Labute approximate surface area is 323 Å². The molecule has 15 unspecified atom stereocenters. The van der Waals surface area contributed by atoms with Crippen molar-refractivity contribution in [1.82, 2.24) is 5.32 Å². The minimum atomic E-state index is 0.173. The molecule has 0 amide bonds. The van der Waals surface area contributed by atoms with Crippen molar-refractivity contribution in [2.24, 2.45) is 76.9 Å². The van der Waals surface area contributed by atoms with Gasteiger partial charge in [0.15, 0.2) is 0 Å². The van der Waals surface area contributed by atoms with Gasteiger partial charge in [-0.15, -0.1) is 0 Å². The SMILES string of the molecule is CCCCSC1C(CCC)N[C@]2(C3=CC(C(C)C(C)C4CCCCC4C)C3C)CC(C)C(C3C=CCCC3C)CCCCC2CC2CCCCC21. The third-order valence-corrected chi connectivity index (χ3v) is 18.8. The van der Waals surface area contributed by atoms with Crippen LogP contribution in [-0.2, 0) is 0 Å². The number of nitrogens with one attached hydrogen (secondary N) is 1. The van der Waals surface area contributed by atoms with Crippen molar-refractivity contribution in [1.29, 1.82) is 0 Å². The van der Waals surface area contributed by atoms with Crippen LogP contribution in [0.15, 0.2) is 23.8 Å². The molecule has 1 aliphatic heterocycles. The highest BCUT2D eigenvalue weighted by molar-refractivity contribution is 7.99. The highest BCUT2D eigenvalue weighted by Gasteiger charge is 2.55. The average Bonchev–Trinajstić information content (AvgIpc) is 3.17. The number of allylic oxidation sites excluding steroid dienone is 3. The highest BCUT2D eigenvalue weighted by atomic mass is 32.2. The Hall–Kier alpha value is -0.210. The molecule has 0 aromatic heterocycles. The van der Waals surface area contributed by atoms with Crippen molar-refractivity contribution >= 4 is 11.8 Å². The zero-order chi connectivity index (χ0) is 36.1. The zero-order valence-electron chi connectivity index (χ0n) is 35.1. The molecule has 4 fully saturated rings. The highest BCUT2D eigenvalue weighted by Crippen LogP contribution is 2.57. The summed E-state index contributed by atoms with van der Waals surface area (Å²) in [5, 5.41) is 5.72. The standard InChI is InChI=1S/C49H85NS/c1-9-11-29-51-48-44-28-18-14-23-39(44)30-40-24-15-19-27-43(42-26-17-13-22-34(42)4)35(5)32-49(40,50-47(48)20-10-2)46-31-45(38(46)8)37(7)36(6)41-25-16-12-21-33(41)3/h17,26,31,33-45,47-48,50H,9-16,18-25,27-30,32H2,1-8H3/t33?,34?,35?,36?,37?,38?,39?,40?,41?,42?,43?,44?,45?,47?,48?,49-/m1/s1. The molecule has 16 atom stereocenters. The smallest absolute Gasteiger partial charge is 0.0430 e. The van der Waals surface area contributed by atoms with E-state index in [2.05, 4.69) is 85.4 Å². The molecule has 6 rings (SSSR count). The Morgan fingerprint density at radius 2 is 1.51 bits per heavy atom. The summed E-state index contributed by atoms with van der Waals surface area (Å²) in [6.45, 7) is 20.9. The van der Waals surface area contributed by atoms with E-state index in [1.54, 1.807) is 0 Å². The van der Waals surface area contributed by atoms with Crippen LogP contribution < -0.4 is 5.32 Å². The fraction of sp³-hybridized carbons (Fsp3) is 0.918. The van der Waals surface area contributed by atoms with Crippen LogP contribution in [0.3, 0.4) is 0 Å². The molecule has 1 nitrogen and oxygen atoms in total. The summed E-state index contributed by atoms with van der Waals surface area (Å²) < 4.78 is 0. The molecular formula is C49H85NS. The Morgan fingerprint density at radius 1 is 0.784 bits per heavy atom. The molecule has 1 N–H and O–H groups in total. The van der Waals surface area contributed by atoms with Gasteiger partial charge in [0.05, 0.1) is 0 Å². The third-order valence-electron chi connectivity index (χ3n) is 17.2. The fourth-order valence-electron chi connectivity index (χ4n) is 14.0. The van der Waals surface area contributed by atoms with E-state index in [1.165, 1.54) is 134 Å². The van der Waals surface area contributed by atoms with Gasteiger partial charge in [0.1, 0.15) is 0 Å². The van der Waals surface area contributed by atoms with Gasteiger partial charge in [-0.3, -0.25) is 0 Å². The van der Waals surface area contributed by atoms with Gasteiger partial charge < -0.3 is 5.32 Å². The van der Waals surface area contributed by atoms with Gasteiger partial charge >= 0.3 is 0 Å². The predicted molar refractivity (Wildman–Crippen MR) is 226 cm³/mol. The van der Waals surface area contributed by atoms with Crippen molar-refractivity contribution in [3.05, 3.63) is 23.8 Å². The second-order valence-electron chi connectivity index (χ2n) is 20.2. The molecule has 2 heteroatoms. The molecule has 1 saturated heterocycles. The van der Waals surface area contributed by atoms with Crippen LogP contribution in [0.4, 0.5) is 0 Å². The third kappa shape index (κ3) is 8.78. The van der Waals surface area contributed by atoms with E-state index in [1.807, 2.05) is 5.57 Å². The largest absolute Gasteiger partial charge is 0.303 e. The van der Waals surface area contributed by atoms with Crippen LogP contribution in [0.2, 0.25) is 0 Å². The van der Waals surface area contributed by atoms with Gasteiger partial charge in [0.25, 0.3) is 0 Å². The van der Waals surface area contributed by atoms with Gasteiger partial charge in [-0.1, -0.05) is 143 Å². The number of hydrogen-bond acceptors (Lipinski definition) is 2. The van der Waals surface area contributed by atoms with E-state index in [4.69, 9.17) is 5.32 Å². The average molecular weight is 720 g/mol. The van der Waals surface area contributed by atoms with Crippen molar-refractivity contribution in [3.63, 3.8) is 0 Å². The van der Waals surface area contributed by atoms with Crippen LogP contribution in [0.25, 0.3) is 0 Å². The Bertz CT molecular complexity index is 1130. The number of hydrogen-bond donors (Lipinski definition) is 1.